The molecule has 0 heterocycles. The Hall–Kier alpha value is -2.06. The Morgan fingerprint density at radius 3 is 1.10 bits per heavy atom. The van der Waals surface area contributed by atoms with Gasteiger partial charge in [-0.05, 0) is 72.8 Å². The Morgan fingerprint density at radius 2 is 0.733 bits per heavy atom. The van der Waals surface area contributed by atoms with Crippen molar-refractivity contribution >= 4 is 0 Å². The minimum Gasteiger partial charge on any atom is -0.490 e. The van der Waals surface area contributed by atoms with Gasteiger partial charge in [-0.2, -0.15) is 0 Å². The van der Waals surface area contributed by atoms with Crippen LogP contribution in [-0.2, 0) is 0 Å². The summed E-state index contributed by atoms with van der Waals surface area (Å²) in [6.07, 6.45) is 0. The molecule has 0 aliphatic carbocycles. The van der Waals surface area contributed by atoms with E-state index in [4.69, 9.17) is 9.47 Å². The maximum Gasteiger partial charge on any atom is 0.357 e. The van der Waals surface area contributed by atoms with E-state index in [0.29, 0.717) is 13.2 Å². The molecular weight excluding hydrogens is 598 g/mol. The summed E-state index contributed by atoms with van der Waals surface area (Å²) in [5, 5.41) is 0. The van der Waals surface area contributed by atoms with Crippen LogP contribution in [-0.4, -0.2) is 13.2 Å². The average Bonchev–Trinajstić information content (AvgIpc) is 2.80. The number of hydrogen-bond donors (Lipinski definition) is 0. The molecule has 0 saturated heterocycles. The number of hydrogen-bond acceptors (Lipinski definition) is 2. The largest absolute Gasteiger partial charge is 0.490 e. The molecule has 2 nitrogen and oxygen atoms in total. The summed E-state index contributed by atoms with van der Waals surface area (Å²) < 4.78 is 17.3. The third-order valence-corrected chi connectivity index (χ3v) is 9.52. The SMILES string of the molecule is c1ccc([I+]c2ccc(OCCOc3ccc([I+]c4ccccc4)cc3)cc2)cc1. The molecule has 0 atom stereocenters. The van der Waals surface area contributed by atoms with Gasteiger partial charge >= 0.3 is 42.4 Å². The summed E-state index contributed by atoms with van der Waals surface area (Å²) in [6.45, 7) is 1.07. The summed E-state index contributed by atoms with van der Waals surface area (Å²) in [7, 11) is 0. The second-order valence-electron chi connectivity index (χ2n) is 6.38. The van der Waals surface area contributed by atoms with Crippen molar-refractivity contribution in [1.82, 2.24) is 0 Å². The van der Waals surface area contributed by atoms with Gasteiger partial charge in [0.15, 0.2) is 14.3 Å². The molecule has 30 heavy (non-hydrogen) atoms. The zero-order chi connectivity index (χ0) is 20.4. The molecule has 4 aromatic carbocycles. The molecule has 150 valence electrons. The maximum atomic E-state index is 5.83. The first kappa shape index (κ1) is 21.2. The van der Waals surface area contributed by atoms with Gasteiger partial charge in [-0.25, -0.2) is 0 Å². The van der Waals surface area contributed by atoms with Gasteiger partial charge in [0, 0.05) is 0 Å². The quantitative estimate of drug-likeness (QED) is 0.184. The standard InChI is InChI=1S/C26H22I2O2/c1-3-7-21(8-4-1)27-23-11-15-25(16-12-23)29-19-20-30-26-17-13-24(14-18-26)28-22-9-5-2-6-10-22/h1-18H,19-20H2/q+2. The van der Waals surface area contributed by atoms with Crippen molar-refractivity contribution < 1.29 is 51.9 Å². The van der Waals surface area contributed by atoms with Crippen LogP contribution in [0.2, 0.25) is 0 Å². The highest BCUT2D eigenvalue weighted by Gasteiger charge is 2.15. The van der Waals surface area contributed by atoms with Crippen molar-refractivity contribution in [3.63, 3.8) is 0 Å². The lowest BCUT2D eigenvalue weighted by Crippen LogP contribution is -3.61. The van der Waals surface area contributed by atoms with Gasteiger partial charge in [0.1, 0.15) is 24.7 Å². The molecular formula is C26H22I2O2+2. The molecule has 0 aliphatic heterocycles. The van der Waals surface area contributed by atoms with Crippen molar-refractivity contribution in [3.8, 4) is 11.5 Å². The summed E-state index contributed by atoms with van der Waals surface area (Å²) in [4.78, 5) is 0. The van der Waals surface area contributed by atoms with Gasteiger partial charge in [-0.3, -0.25) is 0 Å². The van der Waals surface area contributed by atoms with Crippen molar-refractivity contribution in [2.45, 2.75) is 0 Å². The van der Waals surface area contributed by atoms with E-state index in [1.54, 1.807) is 0 Å². The fourth-order valence-electron chi connectivity index (χ4n) is 2.71. The van der Waals surface area contributed by atoms with Gasteiger partial charge in [-0.15, -0.1) is 0 Å². The zero-order valence-electron chi connectivity index (χ0n) is 16.4. The number of rotatable bonds is 9. The molecule has 0 N–H and O–H groups in total. The fraction of sp³-hybridized carbons (Fsp3) is 0.0769. The van der Waals surface area contributed by atoms with E-state index < -0.39 is 0 Å². The lowest BCUT2D eigenvalue weighted by Gasteiger charge is -2.08. The van der Waals surface area contributed by atoms with E-state index in [1.807, 2.05) is 0 Å². The summed E-state index contributed by atoms with van der Waals surface area (Å²) in [5.41, 5.74) is 0. The highest BCUT2D eigenvalue weighted by atomic mass is 127. The molecule has 4 heteroatoms. The van der Waals surface area contributed by atoms with Crippen molar-refractivity contribution in [1.29, 1.82) is 0 Å². The number of benzene rings is 4. The predicted octanol–water partition coefficient (Wildman–Crippen LogP) is -0.599. The minimum absolute atomic E-state index is 0.129. The first-order chi connectivity index (χ1) is 14.8. The van der Waals surface area contributed by atoms with Crippen LogP contribution in [0.4, 0.5) is 0 Å². The highest BCUT2D eigenvalue weighted by molar-refractivity contribution is 5.22. The molecule has 4 rings (SSSR count). The number of ether oxygens (including phenoxy) is 2. The van der Waals surface area contributed by atoms with Gasteiger partial charge < -0.3 is 9.47 Å². The molecule has 4 aromatic rings. The molecule has 0 amide bonds. The first-order valence-electron chi connectivity index (χ1n) is 9.71. The van der Waals surface area contributed by atoms with Crippen LogP contribution in [0.15, 0.2) is 109 Å². The van der Waals surface area contributed by atoms with E-state index in [-0.39, 0.29) is 42.4 Å². The van der Waals surface area contributed by atoms with Crippen molar-refractivity contribution in [2.24, 2.45) is 0 Å². The second kappa shape index (κ2) is 11.4. The lowest BCUT2D eigenvalue weighted by atomic mass is 10.3. The molecule has 0 saturated carbocycles. The number of halogens is 2. The van der Waals surface area contributed by atoms with Crippen LogP contribution in [0.3, 0.4) is 0 Å². The van der Waals surface area contributed by atoms with Crippen LogP contribution >= 0.6 is 0 Å². The van der Waals surface area contributed by atoms with Crippen molar-refractivity contribution in [2.75, 3.05) is 13.2 Å². The molecule has 0 spiro atoms. The van der Waals surface area contributed by atoms with Crippen LogP contribution < -0.4 is 51.9 Å². The maximum absolute atomic E-state index is 5.83. The molecule has 0 radical (unpaired) electrons. The molecule has 0 bridgehead atoms. The topological polar surface area (TPSA) is 18.5 Å². The van der Waals surface area contributed by atoms with E-state index >= 15 is 0 Å². The normalized spacial score (nSPS) is 10.5. The Balaban J connectivity index is 1.19. The Bertz CT molecular complexity index is 931. The first-order valence-corrected chi connectivity index (χ1v) is 14.0. The van der Waals surface area contributed by atoms with Gasteiger partial charge in [-0.1, -0.05) is 36.4 Å². The minimum atomic E-state index is -0.129. The van der Waals surface area contributed by atoms with Crippen molar-refractivity contribution in [3.05, 3.63) is 123 Å². The third kappa shape index (κ3) is 6.74. The zero-order valence-corrected chi connectivity index (χ0v) is 20.7. The Labute approximate surface area is 198 Å². The fourth-order valence-corrected chi connectivity index (χ4v) is 7.14. The lowest BCUT2D eigenvalue weighted by molar-refractivity contribution is -0.597. The smallest absolute Gasteiger partial charge is 0.357 e. The van der Waals surface area contributed by atoms with E-state index in [0.717, 1.165) is 11.5 Å². The van der Waals surface area contributed by atoms with Crippen LogP contribution in [0.1, 0.15) is 0 Å². The summed E-state index contributed by atoms with van der Waals surface area (Å²) >= 11 is -0.259. The predicted molar refractivity (Wildman–Crippen MR) is 112 cm³/mol. The van der Waals surface area contributed by atoms with E-state index in [1.165, 1.54) is 14.3 Å². The van der Waals surface area contributed by atoms with E-state index in [9.17, 15) is 0 Å². The van der Waals surface area contributed by atoms with Crippen LogP contribution in [0, 0.1) is 14.3 Å². The van der Waals surface area contributed by atoms with Crippen LogP contribution in [0.25, 0.3) is 0 Å². The van der Waals surface area contributed by atoms with E-state index in [2.05, 4.69) is 109 Å². The Kier molecular flexibility index (Phi) is 8.02. The Morgan fingerprint density at radius 1 is 0.400 bits per heavy atom. The molecule has 0 fully saturated rings. The third-order valence-electron chi connectivity index (χ3n) is 4.15. The monoisotopic (exact) mass is 620 g/mol. The summed E-state index contributed by atoms with van der Waals surface area (Å²) in [6, 6.07) is 38.2. The highest BCUT2D eigenvalue weighted by Crippen LogP contribution is 2.10. The molecule has 0 aromatic heterocycles. The van der Waals surface area contributed by atoms with Gasteiger partial charge in [0.2, 0.25) is 0 Å². The van der Waals surface area contributed by atoms with Gasteiger partial charge in [0.25, 0.3) is 0 Å². The summed E-state index contributed by atoms with van der Waals surface area (Å²) in [5.74, 6) is 1.78. The van der Waals surface area contributed by atoms with Gasteiger partial charge in [0.05, 0.1) is 0 Å². The molecule has 0 aliphatic rings. The molecule has 0 unspecified atom stereocenters. The van der Waals surface area contributed by atoms with Crippen LogP contribution in [0.5, 0.6) is 11.5 Å². The average molecular weight is 620 g/mol. The second-order valence-corrected chi connectivity index (χ2v) is 12.4.